The topological polar surface area (TPSA) is 87.7 Å². The van der Waals surface area contributed by atoms with Gasteiger partial charge in [-0.1, -0.05) is 37.6 Å². The molecule has 2 N–H and O–H groups in total. The summed E-state index contributed by atoms with van der Waals surface area (Å²) in [5, 5.41) is 5.42. The summed E-state index contributed by atoms with van der Waals surface area (Å²) < 4.78 is 18.9. The highest BCUT2D eigenvalue weighted by atomic mass is 19.1. The van der Waals surface area contributed by atoms with E-state index in [1.807, 2.05) is 24.3 Å². The Balaban J connectivity index is 1.63. The van der Waals surface area contributed by atoms with Crippen molar-refractivity contribution in [2.45, 2.75) is 32.2 Å². The van der Waals surface area contributed by atoms with Crippen molar-refractivity contribution in [2.75, 3.05) is 26.7 Å². The van der Waals surface area contributed by atoms with Crippen molar-refractivity contribution in [2.24, 2.45) is 5.92 Å². The highest BCUT2D eigenvalue weighted by Crippen LogP contribution is 2.39. The molecule has 0 bridgehead atoms. The first-order valence-electron chi connectivity index (χ1n) is 11.2. The first-order valence-corrected chi connectivity index (χ1v) is 11.2. The predicted molar refractivity (Wildman–Crippen MR) is 122 cm³/mol. The summed E-state index contributed by atoms with van der Waals surface area (Å²) in [5.74, 6) is -1.27. The van der Waals surface area contributed by atoms with E-state index in [-0.39, 0.29) is 42.9 Å². The number of likely N-dealkylation sites (tertiary alicyclic amines) is 1. The highest BCUT2D eigenvalue weighted by molar-refractivity contribution is 5.94. The Morgan fingerprint density at radius 2 is 1.79 bits per heavy atom. The van der Waals surface area contributed by atoms with E-state index in [1.54, 1.807) is 18.1 Å². The quantitative estimate of drug-likeness (QED) is 0.539. The highest BCUT2D eigenvalue weighted by Gasteiger charge is 2.44. The van der Waals surface area contributed by atoms with Gasteiger partial charge in [0.15, 0.2) is 0 Å². The Labute approximate surface area is 193 Å². The molecule has 2 aromatic carbocycles. The average molecular weight is 456 g/mol. The van der Waals surface area contributed by atoms with Crippen LogP contribution in [0.4, 0.5) is 4.39 Å². The Morgan fingerprint density at radius 3 is 2.45 bits per heavy atom. The van der Waals surface area contributed by atoms with Gasteiger partial charge in [0, 0.05) is 26.1 Å². The number of ether oxygens (including phenoxy) is 1. The maximum Gasteiger partial charge on any atom is 0.254 e. The van der Waals surface area contributed by atoms with E-state index in [2.05, 4.69) is 17.6 Å². The minimum Gasteiger partial charge on any atom is -0.497 e. The Kier molecular flexibility index (Phi) is 8.40. The molecule has 1 aliphatic heterocycles. The van der Waals surface area contributed by atoms with Crippen LogP contribution in [0.2, 0.25) is 0 Å². The summed E-state index contributed by atoms with van der Waals surface area (Å²) in [6.07, 6.45) is 1.93. The first kappa shape index (κ1) is 24.2. The van der Waals surface area contributed by atoms with Crippen LogP contribution in [-0.2, 0) is 9.59 Å². The number of benzene rings is 2. The van der Waals surface area contributed by atoms with Crippen LogP contribution in [0.15, 0.2) is 48.5 Å². The molecule has 0 radical (unpaired) electrons. The second kappa shape index (κ2) is 11.4. The van der Waals surface area contributed by atoms with Gasteiger partial charge in [-0.3, -0.25) is 14.4 Å². The normalized spacial score (nSPS) is 17.7. The molecule has 0 aromatic heterocycles. The fourth-order valence-corrected chi connectivity index (χ4v) is 4.06. The third-order valence-corrected chi connectivity index (χ3v) is 5.81. The molecular weight excluding hydrogens is 425 g/mol. The molecule has 0 spiro atoms. The monoisotopic (exact) mass is 455 g/mol. The molecule has 3 amide bonds. The second-order valence-corrected chi connectivity index (χ2v) is 8.00. The van der Waals surface area contributed by atoms with Crippen LogP contribution in [0.5, 0.6) is 5.75 Å². The van der Waals surface area contributed by atoms with Gasteiger partial charge in [0.1, 0.15) is 11.6 Å². The number of carbonyl (C=O) groups is 3. The van der Waals surface area contributed by atoms with Gasteiger partial charge in [0.25, 0.3) is 5.91 Å². The van der Waals surface area contributed by atoms with Crippen molar-refractivity contribution in [1.82, 2.24) is 15.5 Å². The molecule has 1 aliphatic rings. The van der Waals surface area contributed by atoms with E-state index in [0.717, 1.165) is 18.4 Å². The molecule has 33 heavy (non-hydrogen) atoms. The van der Waals surface area contributed by atoms with Crippen molar-refractivity contribution in [3.8, 4) is 5.75 Å². The number of nitrogens with one attached hydrogen (secondary N) is 2. The number of halogens is 1. The average Bonchev–Trinajstić information content (AvgIpc) is 3.16. The zero-order valence-electron chi connectivity index (χ0n) is 19.0. The fourth-order valence-electron chi connectivity index (χ4n) is 4.06. The summed E-state index contributed by atoms with van der Waals surface area (Å²) >= 11 is 0. The number of amides is 3. The van der Waals surface area contributed by atoms with Gasteiger partial charge in [0.2, 0.25) is 11.8 Å². The number of methoxy groups -OCH3 is 1. The van der Waals surface area contributed by atoms with E-state index in [4.69, 9.17) is 4.74 Å². The lowest BCUT2D eigenvalue weighted by atomic mass is 9.92. The second-order valence-electron chi connectivity index (χ2n) is 8.00. The van der Waals surface area contributed by atoms with Crippen LogP contribution < -0.4 is 15.4 Å². The van der Waals surface area contributed by atoms with E-state index in [1.165, 1.54) is 18.2 Å². The van der Waals surface area contributed by atoms with Gasteiger partial charge in [-0.05, 0) is 36.2 Å². The van der Waals surface area contributed by atoms with Gasteiger partial charge in [-0.2, -0.15) is 0 Å². The summed E-state index contributed by atoms with van der Waals surface area (Å²) in [7, 11) is 1.59. The number of carbonyl (C=O) groups excluding carboxylic acids is 3. The molecule has 2 aromatic rings. The molecule has 1 fully saturated rings. The third-order valence-electron chi connectivity index (χ3n) is 5.81. The first-order chi connectivity index (χ1) is 16.0. The molecule has 2 atom stereocenters. The van der Waals surface area contributed by atoms with Gasteiger partial charge in [0.05, 0.1) is 24.6 Å². The predicted octanol–water partition coefficient (Wildman–Crippen LogP) is 3.07. The molecule has 176 valence electrons. The van der Waals surface area contributed by atoms with Crippen LogP contribution in [0.25, 0.3) is 0 Å². The van der Waals surface area contributed by atoms with E-state index in [9.17, 15) is 18.8 Å². The van der Waals surface area contributed by atoms with Crippen molar-refractivity contribution >= 4 is 17.7 Å². The summed E-state index contributed by atoms with van der Waals surface area (Å²) in [6, 6.07) is 12.8. The van der Waals surface area contributed by atoms with Gasteiger partial charge in [-0.15, -0.1) is 0 Å². The Morgan fingerprint density at radius 1 is 1.09 bits per heavy atom. The van der Waals surface area contributed by atoms with E-state index >= 15 is 0 Å². The smallest absolute Gasteiger partial charge is 0.254 e. The van der Waals surface area contributed by atoms with Crippen molar-refractivity contribution in [3.63, 3.8) is 0 Å². The number of rotatable bonds is 10. The molecule has 7 nitrogen and oxygen atoms in total. The molecule has 8 heteroatoms. The van der Waals surface area contributed by atoms with Crippen molar-refractivity contribution in [3.05, 3.63) is 65.5 Å². The SMILES string of the molecule is CCCCN1C(=O)CC(C(=O)NCCNC(=O)c2ccccc2F)C1c1ccc(OC)cc1. The third kappa shape index (κ3) is 5.88. The molecule has 3 rings (SSSR count). The lowest BCUT2D eigenvalue weighted by molar-refractivity contribution is -0.129. The Hall–Kier alpha value is -3.42. The van der Waals surface area contributed by atoms with Crippen LogP contribution in [0.1, 0.15) is 48.1 Å². The Bertz CT molecular complexity index is 980. The number of unbranched alkanes of at least 4 members (excludes halogenated alkanes) is 1. The maximum atomic E-state index is 13.7. The molecule has 0 aliphatic carbocycles. The lowest BCUT2D eigenvalue weighted by Gasteiger charge is -2.28. The van der Waals surface area contributed by atoms with Gasteiger partial charge < -0.3 is 20.3 Å². The number of hydrogen-bond acceptors (Lipinski definition) is 4. The maximum absolute atomic E-state index is 13.7. The number of hydrogen-bond donors (Lipinski definition) is 2. The van der Waals surface area contributed by atoms with Crippen molar-refractivity contribution in [1.29, 1.82) is 0 Å². The minimum absolute atomic E-state index is 0.0442. The molecule has 1 heterocycles. The lowest BCUT2D eigenvalue weighted by Crippen LogP contribution is -2.39. The van der Waals surface area contributed by atoms with Gasteiger partial charge in [-0.25, -0.2) is 4.39 Å². The van der Waals surface area contributed by atoms with Gasteiger partial charge >= 0.3 is 0 Å². The van der Waals surface area contributed by atoms with E-state index < -0.39 is 17.6 Å². The zero-order valence-corrected chi connectivity index (χ0v) is 19.0. The summed E-state index contributed by atoms with van der Waals surface area (Å²) in [6.45, 7) is 2.97. The summed E-state index contributed by atoms with van der Waals surface area (Å²) in [4.78, 5) is 39.6. The number of nitrogens with zero attached hydrogens (tertiary/aromatic N) is 1. The molecule has 1 saturated heterocycles. The minimum atomic E-state index is -0.599. The molecule has 2 unspecified atom stereocenters. The summed E-state index contributed by atoms with van der Waals surface area (Å²) in [5.41, 5.74) is 0.835. The zero-order chi connectivity index (χ0) is 23.8. The van der Waals surface area contributed by atoms with Crippen LogP contribution in [-0.4, -0.2) is 49.4 Å². The largest absolute Gasteiger partial charge is 0.497 e. The van der Waals surface area contributed by atoms with Crippen LogP contribution in [0.3, 0.4) is 0 Å². The van der Waals surface area contributed by atoms with E-state index in [0.29, 0.717) is 12.3 Å². The molecule has 0 saturated carbocycles. The van der Waals surface area contributed by atoms with Crippen molar-refractivity contribution < 1.29 is 23.5 Å². The molecular formula is C25H30FN3O4. The standard InChI is InChI=1S/C25H30FN3O4/c1-3-4-15-29-22(30)16-20(23(29)17-9-11-18(33-2)12-10-17)25(32)28-14-13-27-24(31)19-7-5-6-8-21(19)26/h5-12,20,23H,3-4,13-16H2,1-2H3,(H,27,31)(H,28,32). The van der Waals surface area contributed by atoms with Crippen LogP contribution in [0, 0.1) is 11.7 Å². The van der Waals surface area contributed by atoms with Crippen LogP contribution >= 0.6 is 0 Å². The fraction of sp³-hybridized carbons (Fsp3) is 0.400.